The lowest BCUT2D eigenvalue weighted by Crippen LogP contribution is -2.53. The molecule has 0 spiro atoms. The van der Waals surface area contributed by atoms with E-state index in [1.165, 1.54) is 11.8 Å². The number of nitrogens with one attached hydrogen (secondary N) is 3. The highest BCUT2D eigenvalue weighted by Gasteiger charge is 2.31. The molecule has 0 radical (unpaired) electrons. The Morgan fingerprint density at radius 3 is 3.00 bits per heavy atom. The summed E-state index contributed by atoms with van der Waals surface area (Å²) in [5, 5.41) is 8.87. The average Bonchev–Trinajstić information content (AvgIpc) is 2.68. The maximum absolute atomic E-state index is 11.8. The van der Waals surface area contributed by atoms with Crippen LogP contribution in [0.4, 0.5) is 4.79 Å². The van der Waals surface area contributed by atoms with E-state index >= 15 is 0 Å². The van der Waals surface area contributed by atoms with E-state index < -0.39 is 0 Å². The number of carbonyl (C=O) groups excluding carboxylic acids is 2. The van der Waals surface area contributed by atoms with Gasteiger partial charge in [0.05, 0.1) is 0 Å². The smallest absolute Gasteiger partial charge is 0.279 e. The molecule has 2 unspecified atom stereocenters. The van der Waals surface area contributed by atoms with Gasteiger partial charge in [-0.05, 0) is 25.4 Å². The van der Waals surface area contributed by atoms with Crippen LogP contribution in [0.25, 0.3) is 0 Å². The van der Waals surface area contributed by atoms with Crippen LogP contribution in [0.2, 0.25) is 0 Å². The number of carbonyl (C=O) groups is 2. The lowest BCUT2D eigenvalue weighted by molar-refractivity contribution is -0.123. The van der Waals surface area contributed by atoms with Crippen molar-refractivity contribution >= 4 is 22.9 Å². The van der Waals surface area contributed by atoms with E-state index in [2.05, 4.69) is 22.9 Å². The first kappa shape index (κ1) is 11.7. The summed E-state index contributed by atoms with van der Waals surface area (Å²) in [5.74, 6) is 0.948. The summed E-state index contributed by atoms with van der Waals surface area (Å²) >= 11 is 1.17. The first-order valence-electron chi connectivity index (χ1n) is 5.61. The zero-order chi connectivity index (χ0) is 11.5. The van der Waals surface area contributed by atoms with Crippen molar-refractivity contribution in [2.24, 2.45) is 5.92 Å². The lowest BCUT2D eigenvalue weighted by atomic mass is 9.95. The number of thioether (sulfide) groups is 1. The van der Waals surface area contributed by atoms with Gasteiger partial charge in [-0.1, -0.05) is 18.7 Å². The minimum atomic E-state index is -0.348. The predicted molar refractivity (Wildman–Crippen MR) is 63.4 cm³/mol. The monoisotopic (exact) mass is 243 g/mol. The molecule has 90 valence electrons. The summed E-state index contributed by atoms with van der Waals surface area (Å²) in [6.07, 6.45) is 0.959. The third kappa shape index (κ3) is 2.68. The maximum atomic E-state index is 11.8. The normalized spacial score (nSPS) is 34.6. The number of amides is 2. The molecule has 2 amide bonds. The fourth-order valence-electron chi connectivity index (χ4n) is 2.04. The second-order valence-corrected chi connectivity index (χ2v) is 5.37. The number of hydrogen-bond acceptors (Lipinski definition) is 4. The first-order valence-corrected chi connectivity index (χ1v) is 6.60. The minimum absolute atomic E-state index is 0.0444. The first-order chi connectivity index (χ1) is 7.66. The highest BCUT2D eigenvalue weighted by Crippen LogP contribution is 2.15. The fourth-order valence-corrected chi connectivity index (χ4v) is 2.82. The fraction of sp³-hybridized carbons (Fsp3) is 0.800. The second kappa shape index (κ2) is 5.05. The van der Waals surface area contributed by atoms with E-state index in [0.717, 1.165) is 19.5 Å². The molecule has 0 aliphatic carbocycles. The van der Waals surface area contributed by atoms with Crippen molar-refractivity contribution < 1.29 is 9.59 Å². The molecule has 0 saturated carbocycles. The molecule has 5 nitrogen and oxygen atoms in total. The van der Waals surface area contributed by atoms with Crippen LogP contribution in [0.3, 0.4) is 0 Å². The Kier molecular flexibility index (Phi) is 3.70. The van der Waals surface area contributed by atoms with Gasteiger partial charge in [-0.25, -0.2) is 0 Å². The summed E-state index contributed by atoms with van der Waals surface area (Å²) in [5.41, 5.74) is 0. The molecule has 2 saturated heterocycles. The van der Waals surface area contributed by atoms with Crippen LogP contribution in [0.1, 0.15) is 13.3 Å². The minimum Gasteiger partial charge on any atom is -0.351 e. The molecule has 3 atom stereocenters. The molecule has 2 heterocycles. The summed E-state index contributed by atoms with van der Waals surface area (Å²) < 4.78 is 0. The molecule has 2 aliphatic heterocycles. The van der Waals surface area contributed by atoms with Gasteiger partial charge < -0.3 is 16.0 Å². The molecule has 2 aliphatic rings. The Morgan fingerprint density at radius 1 is 1.56 bits per heavy atom. The molecule has 6 heteroatoms. The van der Waals surface area contributed by atoms with Crippen LogP contribution in [0.15, 0.2) is 0 Å². The molecule has 0 aromatic heterocycles. The maximum Gasteiger partial charge on any atom is 0.279 e. The quantitative estimate of drug-likeness (QED) is 0.635. The van der Waals surface area contributed by atoms with Crippen molar-refractivity contribution in [1.82, 2.24) is 16.0 Å². The average molecular weight is 243 g/mol. The van der Waals surface area contributed by atoms with Crippen LogP contribution in [0, 0.1) is 5.92 Å². The molecule has 0 aromatic rings. The summed E-state index contributed by atoms with van der Waals surface area (Å²) in [7, 11) is 0. The summed E-state index contributed by atoms with van der Waals surface area (Å²) in [6.45, 7) is 4.01. The Hall–Kier alpha value is -0.750. The van der Waals surface area contributed by atoms with Crippen LogP contribution < -0.4 is 16.0 Å². The zero-order valence-electron chi connectivity index (χ0n) is 9.29. The van der Waals surface area contributed by atoms with Gasteiger partial charge in [-0.3, -0.25) is 9.59 Å². The van der Waals surface area contributed by atoms with E-state index in [4.69, 9.17) is 0 Å². The number of rotatable bonds is 2. The molecule has 2 fully saturated rings. The Bertz CT molecular complexity index is 298. The van der Waals surface area contributed by atoms with Gasteiger partial charge in [0.15, 0.2) is 0 Å². The molecular weight excluding hydrogens is 226 g/mol. The third-order valence-electron chi connectivity index (χ3n) is 3.10. The van der Waals surface area contributed by atoms with Crippen molar-refractivity contribution in [3.05, 3.63) is 0 Å². The van der Waals surface area contributed by atoms with Crippen molar-refractivity contribution in [3.63, 3.8) is 0 Å². The highest BCUT2D eigenvalue weighted by molar-refractivity contribution is 8.14. The van der Waals surface area contributed by atoms with Gasteiger partial charge in [0.1, 0.15) is 6.04 Å². The molecular formula is C10H17N3O2S. The number of hydrogen-bond donors (Lipinski definition) is 3. The molecule has 16 heavy (non-hydrogen) atoms. The number of piperidine rings is 1. The molecule has 0 bridgehead atoms. The second-order valence-electron chi connectivity index (χ2n) is 4.38. The van der Waals surface area contributed by atoms with Crippen molar-refractivity contribution in [2.75, 3.05) is 18.8 Å². The lowest BCUT2D eigenvalue weighted by Gasteiger charge is -2.30. The highest BCUT2D eigenvalue weighted by atomic mass is 32.2. The van der Waals surface area contributed by atoms with Crippen molar-refractivity contribution in [3.8, 4) is 0 Å². The topological polar surface area (TPSA) is 70.2 Å². The Balaban J connectivity index is 1.84. The van der Waals surface area contributed by atoms with Crippen LogP contribution >= 0.6 is 11.8 Å². The Labute approximate surface area is 99.1 Å². The van der Waals surface area contributed by atoms with Gasteiger partial charge in [0.25, 0.3) is 5.24 Å². The van der Waals surface area contributed by atoms with Crippen molar-refractivity contribution in [2.45, 2.75) is 25.4 Å². The van der Waals surface area contributed by atoms with E-state index in [1.807, 2.05) is 0 Å². The van der Waals surface area contributed by atoms with E-state index in [-0.39, 0.29) is 23.2 Å². The molecule has 3 N–H and O–H groups in total. The van der Waals surface area contributed by atoms with Crippen LogP contribution in [0.5, 0.6) is 0 Å². The van der Waals surface area contributed by atoms with E-state index in [1.54, 1.807) is 0 Å². The summed E-state index contributed by atoms with van der Waals surface area (Å²) in [6, 6.07) is -0.115. The summed E-state index contributed by atoms with van der Waals surface area (Å²) in [4.78, 5) is 22.8. The SMILES string of the molecule is CC1CNCCC1NC(=O)[C@@H]1CSC(=O)N1. The van der Waals surface area contributed by atoms with E-state index in [9.17, 15) is 9.59 Å². The van der Waals surface area contributed by atoms with Crippen LogP contribution in [-0.2, 0) is 4.79 Å². The van der Waals surface area contributed by atoms with Gasteiger partial charge in [0.2, 0.25) is 5.91 Å². The molecule has 0 aromatic carbocycles. The van der Waals surface area contributed by atoms with Crippen LogP contribution in [-0.4, -0.2) is 42.1 Å². The zero-order valence-corrected chi connectivity index (χ0v) is 10.1. The van der Waals surface area contributed by atoms with Gasteiger partial charge in [-0.15, -0.1) is 0 Å². The standard InChI is InChI=1S/C10H17N3O2S/c1-6-4-11-3-2-7(6)12-9(14)8-5-16-10(15)13-8/h6-8,11H,2-5H2,1H3,(H,12,14)(H,13,15)/t6?,7?,8-/m0/s1. The van der Waals surface area contributed by atoms with Gasteiger partial charge >= 0.3 is 0 Å². The Morgan fingerprint density at radius 2 is 2.38 bits per heavy atom. The third-order valence-corrected chi connectivity index (χ3v) is 3.98. The van der Waals surface area contributed by atoms with Gasteiger partial charge in [-0.2, -0.15) is 0 Å². The largest absolute Gasteiger partial charge is 0.351 e. The van der Waals surface area contributed by atoms with Gasteiger partial charge in [0, 0.05) is 11.8 Å². The van der Waals surface area contributed by atoms with E-state index in [0.29, 0.717) is 11.7 Å². The predicted octanol–water partition coefficient (Wildman–Crippen LogP) is -0.0744. The van der Waals surface area contributed by atoms with Crippen molar-refractivity contribution in [1.29, 1.82) is 0 Å². The molecule has 2 rings (SSSR count).